The van der Waals surface area contributed by atoms with E-state index >= 15 is 0 Å². The Hall–Kier alpha value is -2.36. The summed E-state index contributed by atoms with van der Waals surface area (Å²) in [7, 11) is -3.08. The van der Waals surface area contributed by atoms with Crippen LogP contribution in [-0.2, 0) is 19.4 Å². The molecule has 0 saturated carbocycles. The van der Waals surface area contributed by atoms with Crippen molar-refractivity contribution in [3.05, 3.63) is 17.9 Å². The van der Waals surface area contributed by atoms with Crippen molar-refractivity contribution in [2.45, 2.75) is 31.9 Å². The number of rotatable bonds is 4. The highest BCUT2D eigenvalue weighted by Gasteiger charge is 2.46. The van der Waals surface area contributed by atoms with Crippen molar-refractivity contribution in [3.63, 3.8) is 0 Å². The number of nitrogens with zero attached hydrogens (tertiary/aromatic N) is 2. The normalized spacial score (nSPS) is 25.6. The smallest absolute Gasteiger partial charge is 0.415 e. The fourth-order valence-electron chi connectivity index (χ4n) is 3.83. The number of ketones is 1. The van der Waals surface area contributed by atoms with Crippen LogP contribution in [0.3, 0.4) is 0 Å². The van der Waals surface area contributed by atoms with E-state index in [1.165, 1.54) is 24.0 Å². The van der Waals surface area contributed by atoms with Gasteiger partial charge in [-0.05, 0) is 13.3 Å². The van der Waals surface area contributed by atoms with Gasteiger partial charge in [0.2, 0.25) is 0 Å². The molecule has 1 aromatic rings. The molecule has 0 aromatic heterocycles. The van der Waals surface area contributed by atoms with Crippen LogP contribution in [0, 0.1) is 5.82 Å². The second kappa shape index (κ2) is 6.91. The van der Waals surface area contributed by atoms with Crippen molar-refractivity contribution in [1.82, 2.24) is 0 Å². The zero-order valence-corrected chi connectivity index (χ0v) is 16.2. The second-order valence-electron chi connectivity index (χ2n) is 7.32. The first-order valence-corrected chi connectivity index (χ1v) is 11.0. The van der Waals surface area contributed by atoms with E-state index in [2.05, 4.69) is 0 Å². The van der Waals surface area contributed by atoms with E-state index in [9.17, 15) is 22.4 Å². The Balaban J connectivity index is 1.59. The number of Topliss-reactive ketones (excluding diaryl/α,β-unsaturated/α-hetero) is 1. The lowest BCUT2D eigenvalue weighted by atomic mass is 10.0. The van der Waals surface area contributed by atoms with Gasteiger partial charge >= 0.3 is 6.09 Å². The molecule has 8 nitrogen and oxygen atoms in total. The molecule has 2 fully saturated rings. The van der Waals surface area contributed by atoms with Crippen LogP contribution in [0.1, 0.15) is 19.8 Å². The topological polar surface area (TPSA) is 93.2 Å². The van der Waals surface area contributed by atoms with E-state index in [1.807, 2.05) is 0 Å². The summed E-state index contributed by atoms with van der Waals surface area (Å²) < 4.78 is 49.2. The van der Waals surface area contributed by atoms with Gasteiger partial charge < -0.3 is 19.2 Å². The largest absolute Gasteiger partial charge is 0.489 e. The molecule has 0 radical (unpaired) electrons. The van der Waals surface area contributed by atoms with Crippen LogP contribution in [0.4, 0.5) is 20.6 Å². The molecule has 4 rings (SSSR count). The third kappa shape index (κ3) is 3.41. The maximum atomic E-state index is 14.8. The molecule has 1 aromatic carbocycles. The summed E-state index contributed by atoms with van der Waals surface area (Å²) in [5, 5.41) is 0. The van der Waals surface area contributed by atoms with Crippen LogP contribution in [0.5, 0.6) is 5.75 Å². The van der Waals surface area contributed by atoms with Gasteiger partial charge in [-0.2, -0.15) is 0 Å². The van der Waals surface area contributed by atoms with Gasteiger partial charge in [-0.15, -0.1) is 0 Å². The fraction of sp³-hybridized carbons (Fsp3) is 0.556. The van der Waals surface area contributed by atoms with Gasteiger partial charge in [-0.3, -0.25) is 4.90 Å². The molecule has 0 bridgehead atoms. The maximum Gasteiger partial charge on any atom is 0.415 e. The Kier molecular flexibility index (Phi) is 4.68. The Labute approximate surface area is 162 Å². The van der Waals surface area contributed by atoms with Gasteiger partial charge in [0.25, 0.3) is 0 Å². The number of hydrogen-bond donors (Lipinski definition) is 0. The molecule has 10 heteroatoms. The Morgan fingerprint density at radius 1 is 1.25 bits per heavy atom. The lowest BCUT2D eigenvalue weighted by Crippen LogP contribution is -2.45. The first-order chi connectivity index (χ1) is 13.2. The molecule has 0 unspecified atom stereocenters. The number of fused-ring (bicyclic) bond motifs is 3. The molecular weight excluding hydrogens is 391 g/mol. The highest BCUT2D eigenvalue weighted by molar-refractivity contribution is 7.91. The quantitative estimate of drug-likeness (QED) is 0.740. The lowest BCUT2D eigenvalue weighted by molar-refractivity contribution is -0.117. The van der Waals surface area contributed by atoms with Crippen molar-refractivity contribution < 1.29 is 31.9 Å². The monoisotopic (exact) mass is 412 g/mol. The molecule has 152 valence electrons. The minimum absolute atomic E-state index is 0.00542. The number of carbonyl (C=O) groups excluding carboxylic acids is 2. The second-order valence-corrected chi connectivity index (χ2v) is 9.63. The molecule has 28 heavy (non-hydrogen) atoms. The van der Waals surface area contributed by atoms with E-state index in [0.717, 1.165) is 0 Å². The molecule has 2 saturated heterocycles. The molecule has 2 atom stereocenters. The highest BCUT2D eigenvalue weighted by atomic mass is 32.2. The van der Waals surface area contributed by atoms with Gasteiger partial charge in [-0.1, -0.05) is 0 Å². The molecule has 3 heterocycles. The van der Waals surface area contributed by atoms with Crippen LogP contribution in [0.15, 0.2) is 12.1 Å². The molecule has 1 amide bonds. The molecule has 3 aliphatic rings. The number of anilines is 2. The summed E-state index contributed by atoms with van der Waals surface area (Å²) >= 11 is 0. The first-order valence-electron chi connectivity index (χ1n) is 9.16. The van der Waals surface area contributed by atoms with Crippen molar-refractivity contribution >= 4 is 33.1 Å². The maximum absolute atomic E-state index is 14.8. The number of cyclic esters (lactones) is 1. The summed E-state index contributed by atoms with van der Waals surface area (Å²) in [6.07, 6.45) is -0.386. The van der Waals surface area contributed by atoms with Crippen molar-refractivity contribution in [1.29, 1.82) is 0 Å². The average molecular weight is 412 g/mol. The Morgan fingerprint density at radius 2 is 1.96 bits per heavy atom. The minimum Gasteiger partial charge on any atom is -0.489 e. The van der Waals surface area contributed by atoms with Gasteiger partial charge in [0, 0.05) is 31.6 Å². The summed E-state index contributed by atoms with van der Waals surface area (Å²) in [5.74, 6) is -0.246. The number of carbonyl (C=O) groups is 2. The van der Waals surface area contributed by atoms with Crippen LogP contribution < -0.4 is 14.5 Å². The van der Waals surface area contributed by atoms with E-state index in [1.54, 1.807) is 4.90 Å². The Morgan fingerprint density at radius 3 is 2.64 bits per heavy atom. The van der Waals surface area contributed by atoms with Crippen LogP contribution >= 0.6 is 0 Å². The zero-order valence-electron chi connectivity index (χ0n) is 15.4. The van der Waals surface area contributed by atoms with Gasteiger partial charge in [0.05, 0.1) is 22.9 Å². The number of benzene rings is 1. The zero-order chi connectivity index (χ0) is 20.1. The van der Waals surface area contributed by atoms with Crippen LogP contribution in [0.2, 0.25) is 0 Å². The highest BCUT2D eigenvalue weighted by Crippen LogP contribution is 2.43. The number of amides is 1. The van der Waals surface area contributed by atoms with Gasteiger partial charge in [0.1, 0.15) is 36.1 Å². The van der Waals surface area contributed by atoms with Gasteiger partial charge in [0.15, 0.2) is 9.84 Å². The summed E-state index contributed by atoms with van der Waals surface area (Å²) in [4.78, 5) is 26.7. The van der Waals surface area contributed by atoms with Crippen molar-refractivity contribution in [2.75, 3.05) is 41.0 Å². The fourth-order valence-corrected chi connectivity index (χ4v) is 5.03. The van der Waals surface area contributed by atoms with Crippen molar-refractivity contribution in [3.8, 4) is 5.75 Å². The summed E-state index contributed by atoms with van der Waals surface area (Å²) in [6.45, 7) is 2.07. The van der Waals surface area contributed by atoms with Gasteiger partial charge in [-0.25, -0.2) is 17.6 Å². The molecule has 3 aliphatic heterocycles. The third-order valence-electron chi connectivity index (χ3n) is 5.37. The third-order valence-corrected chi connectivity index (χ3v) is 6.98. The standard InChI is InChI=1S/C18H21FN2O6S/c1-11(22)2-3-16-15-10-26-17-9-13(20-4-6-28(24,25)7-5-20)12(19)8-14(17)21(15)18(23)27-16/h8-9,15-16H,2-7,10H2,1H3/t15-,16-/m0/s1. The average Bonchev–Trinajstić information content (AvgIpc) is 2.96. The van der Waals surface area contributed by atoms with E-state index in [4.69, 9.17) is 9.47 Å². The van der Waals surface area contributed by atoms with Crippen LogP contribution in [0.25, 0.3) is 0 Å². The summed E-state index contributed by atoms with van der Waals surface area (Å²) in [5.41, 5.74) is 0.547. The Bertz CT molecular complexity index is 920. The number of sulfone groups is 1. The minimum atomic E-state index is -3.08. The predicted octanol–water partition coefficient (Wildman–Crippen LogP) is 1.52. The molecular formula is C18H21FN2O6S. The first kappa shape index (κ1) is 19.0. The van der Waals surface area contributed by atoms with E-state index in [-0.39, 0.29) is 48.4 Å². The van der Waals surface area contributed by atoms with E-state index in [0.29, 0.717) is 18.6 Å². The van der Waals surface area contributed by atoms with E-state index < -0.39 is 33.9 Å². The molecule has 0 spiro atoms. The predicted molar refractivity (Wildman–Crippen MR) is 99.2 cm³/mol. The summed E-state index contributed by atoms with van der Waals surface area (Å²) in [6, 6.07) is 2.33. The molecule has 0 N–H and O–H groups in total. The number of halogens is 1. The number of hydrogen-bond acceptors (Lipinski definition) is 7. The molecule has 0 aliphatic carbocycles. The SMILES string of the molecule is CC(=O)CC[C@@H]1OC(=O)N2c3cc(F)c(N4CCS(=O)(=O)CC4)cc3OC[C@@H]12. The van der Waals surface area contributed by atoms with Crippen molar-refractivity contribution in [2.24, 2.45) is 0 Å². The lowest BCUT2D eigenvalue weighted by Gasteiger charge is -2.34. The number of ether oxygens (including phenoxy) is 2. The van der Waals surface area contributed by atoms with Crippen LogP contribution in [-0.4, -0.2) is 63.6 Å².